The van der Waals surface area contributed by atoms with E-state index in [0.717, 1.165) is 6.20 Å². The molecule has 1 aromatic heterocycles. The molecule has 0 atom stereocenters. The number of alkyl halides is 3. The Hall–Kier alpha value is -1.83. The summed E-state index contributed by atoms with van der Waals surface area (Å²) >= 11 is 5.42. The van der Waals surface area contributed by atoms with Crippen LogP contribution in [-0.4, -0.2) is 15.1 Å². The van der Waals surface area contributed by atoms with E-state index in [1.165, 1.54) is 0 Å². The molecule has 0 radical (unpaired) electrons. The summed E-state index contributed by atoms with van der Waals surface area (Å²) in [4.78, 5) is 9.76. The van der Waals surface area contributed by atoms with Gasteiger partial charge >= 0.3 is 6.18 Å². The Kier molecular flexibility index (Phi) is 2.46. The largest absolute Gasteiger partial charge is 0.418 e. The van der Waals surface area contributed by atoms with Gasteiger partial charge in [0, 0.05) is 0 Å². The van der Waals surface area contributed by atoms with E-state index >= 15 is 0 Å². The average molecular weight is 266 g/mol. The zero-order valence-electron chi connectivity index (χ0n) is 7.88. The van der Waals surface area contributed by atoms with Crippen LogP contribution in [0.25, 0.3) is 10.9 Å². The van der Waals surface area contributed by atoms with Gasteiger partial charge in [-0.2, -0.15) is 18.3 Å². The first-order valence-corrected chi connectivity index (χ1v) is 4.57. The van der Waals surface area contributed by atoms with E-state index in [1.807, 2.05) is 0 Å². The molecular weight excluding hydrogens is 263 g/mol. The molecule has 1 heterocycles. The van der Waals surface area contributed by atoms with Gasteiger partial charge in [-0.05, 0) is 6.07 Å². The molecule has 0 saturated carbocycles. The maximum atomic E-state index is 12.6. The van der Waals surface area contributed by atoms with Gasteiger partial charge in [-0.1, -0.05) is 11.6 Å². The van der Waals surface area contributed by atoms with Crippen molar-refractivity contribution in [3.05, 3.63) is 33.0 Å². The lowest BCUT2D eigenvalue weighted by Crippen LogP contribution is -2.07. The third-order valence-electron chi connectivity index (χ3n) is 2.14. The quantitative estimate of drug-likeness (QED) is 0.636. The lowest BCUT2D eigenvalue weighted by atomic mass is 10.1. The van der Waals surface area contributed by atoms with Crippen molar-refractivity contribution in [3.8, 4) is 0 Å². The molecule has 0 bridgehead atoms. The highest BCUT2D eigenvalue weighted by atomic mass is 35.5. The Labute approximate surface area is 96.3 Å². The number of benzene rings is 1. The molecule has 17 heavy (non-hydrogen) atoms. The number of halogens is 4. The third-order valence-corrected chi connectivity index (χ3v) is 2.53. The van der Waals surface area contributed by atoms with Crippen molar-refractivity contribution in [1.29, 1.82) is 0 Å². The van der Waals surface area contributed by atoms with Gasteiger partial charge in [0.25, 0.3) is 5.69 Å². The number of hydrogen-bond acceptors (Lipinski definition) is 3. The van der Waals surface area contributed by atoms with Crippen LogP contribution in [0, 0.1) is 10.1 Å². The smallest absolute Gasteiger partial charge is 0.278 e. The molecule has 0 spiro atoms. The van der Waals surface area contributed by atoms with Gasteiger partial charge in [0.1, 0.15) is 5.02 Å². The molecule has 0 saturated heterocycles. The number of rotatable bonds is 1. The van der Waals surface area contributed by atoms with Crippen LogP contribution in [0.4, 0.5) is 18.9 Å². The number of fused-ring (bicyclic) bond motifs is 1. The molecule has 5 nitrogen and oxygen atoms in total. The summed E-state index contributed by atoms with van der Waals surface area (Å²) in [5.74, 6) is 0. The number of aromatic nitrogens is 2. The molecule has 1 aromatic carbocycles. The number of hydrogen-bond donors (Lipinski definition) is 1. The number of nitro groups is 1. The van der Waals surface area contributed by atoms with Crippen molar-refractivity contribution in [2.24, 2.45) is 0 Å². The topological polar surface area (TPSA) is 71.8 Å². The van der Waals surface area contributed by atoms with E-state index in [-0.39, 0.29) is 10.9 Å². The summed E-state index contributed by atoms with van der Waals surface area (Å²) in [5.41, 5.74) is -2.15. The monoisotopic (exact) mass is 265 g/mol. The fourth-order valence-corrected chi connectivity index (χ4v) is 1.77. The summed E-state index contributed by atoms with van der Waals surface area (Å²) < 4.78 is 37.8. The Balaban J connectivity index is 2.89. The Bertz CT molecular complexity index is 608. The fraction of sp³-hybridized carbons (Fsp3) is 0.125. The molecule has 2 rings (SSSR count). The highest BCUT2D eigenvalue weighted by Gasteiger charge is 2.38. The number of nitro benzene ring substituents is 1. The first kappa shape index (κ1) is 11.6. The SMILES string of the molecule is O=[N+]([O-])c1c(Cl)c(C(F)(F)F)cc2[nH]ncc12. The molecule has 0 amide bonds. The first-order valence-electron chi connectivity index (χ1n) is 4.19. The lowest BCUT2D eigenvalue weighted by molar-refractivity contribution is -0.383. The summed E-state index contributed by atoms with van der Waals surface area (Å²) in [6.07, 6.45) is -3.71. The average Bonchev–Trinajstić information content (AvgIpc) is 2.61. The lowest BCUT2D eigenvalue weighted by Gasteiger charge is -2.09. The Morgan fingerprint density at radius 3 is 2.65 bits per heavy atom. The molecular formula is C8H3ClF3N3O2. The highest BCUT2D eigenvalue weighted by molar-refractivity contribution is 6.35. The summed E-state index contributed by atoms with van der Waals surface area (Å²) in [5, 5.41) is 15.4. The van der Waals surface area contributed by atoms with Crippen LogP contribution < -0.4 is 0 Å². The summed E-state index contributed by atoms with van der Waals surface area (Å²) in [6.45, 7) is 0. The second-order valence-corrected chi connectivity index (χ2v) is 3.55. The molecule has 0 unspecified atom stereocenters. The van der Waals surface area contributed by atoms with Gasteiger partial charge in [-0.15, -0.1) is 0 Å². The zero-order valence-corrected chi connectivity index (χ0v) is 8.63. The van der Waals surface area contributed by atoms with Gasteiger partial charge in [0.15, 0.2) is 0 Å². The van der Waals surface area contributed by atoms with Gasteiger partial charge < -0.3 is 0 Å². The zero-order chi connectivity index (χ0) is 12.8. The van der Waals surface area contributed by atoms with Crippen molar-refractivity contribution in [2.75, 3.05) is 0 Å². The Morgan fingerprint density at radius 2 is 2.12 bits per heavy atom. The van der Waals surface area contributed by atoms with Crippen LogP contribution in [0.1, 0.15) is 5.56 Å². The van der Waals surface area contributed by atoms with Gasteiger partial charge in [0.2, 0.25) is 0 Å². The third kappa shape index (κ3) is 1.80. The van der Waals surface area contributed by atoms with E-state index in [0.29, 0.717) is 6.07 Å². The van der Waals surface area contributed by atoms with Gasteiger partial charge in [0.05, 0.1) is 27.6 Å². The normalized spacial score (nSPS) is 12.0. The van der Waals surface area contributed by atoms with E-state index in [9.17, 15) is 23.3 Å². The van der Waals surface area contributed by atoms with E-state index in [2.05, 4.69) is 10.2 Å². The van der Waals surface area contributed by atoms with Crippen LogP contribution >= 0.6 is 11.6 Å². The van der Waals surface area contributed by atoms with E-state index in [1.54, 1.807) is 0 Å². The summed E-state index contributed by atoms with van der Waals surface area (Å²) in [6, 6.07) is 0.692. The van der Waals surface area contributed by atoms with E-state index < -0.39 is 27.4 Å². The molecule has 9 heteroatoms. The number of aromatic amines is 1. The highest BCUT2D eigenvalue weighted by Crippen LogP contribution is 2.42. The molecule has 0 aliphatic rings. The van der Waals surface area contributed by atoms with Crippen molar-refractivity contribution in [1.82, 2.24) is 10.2 Å². The standard InChI is InChI=1S/C8H3ClF3N3O2/c9-6-4(8(10,11)12)1-5-3(2-13-14-5)7(6)15(16)17/h1-2H,(H,13,14). The number of H-pyrrole nitrogens is 1. The van der Waals surface area contributed by atoms with Crippen LogP contribution in [0.2, 0.25) is 5.02 Å². The van der Waals surface area contributed by atoms with Gasteiger partial charge in [-0.3, -0.25) is 15.2 Å². The predicted octanol–water partition coefficient (Wildman–Crippen LogP) is 3.14. The molecule has 2 aromatic rings. The number of nitrogens with one attached hydrogen (secondary N) is 1. The molecule has 1 N–H and O–H groups in total. The van der Waals surface area contributed by atoms with Crippen molar-refractivity contribution >= 4 is 28.2 Å². The molecule has 0 fully saturated rings. The minimum absolute atomic E-state index is 0.0620. The van der Waals surface area contributed by atoms with Crippen LogP contribution in [0.5, 0.6) is 0 Å². The van der Waals surface area contributed by atoms with Crippen LogP contribution in [0.15, 0.2) is 12.3 Å². The van der Waals surface area contributed by atoms with Crippen LogP contribution in [-0.2, 0) is 6.18 Å². The maximum Gasteiger partial charge on any atom is 0.418 e. The molecule has 90 valence electrons. The Morgan fingerprint density at radius 1 is 1.47 bits per heavy atom. The van der Waals surface area contributed by atoms with E-state index in [4.69, 9.17) is 11.6 Å². The second kappa shape index (κ2) is 3.59. The predicted molar refractivity (Wildman–Crippen MR) is 52.8 cm³/mol. The molecule has 0 aliphatic heterocycles. The van der Waals surface area contributed by atoms with Crippen molar-refractivity contribution in [3.63, 3.8) is 0 Å². The minimum atomic E-state index is -4.76. The molecule has 0 aliphatic carbocycles. The van der Waals surface area contributed by atoms with Crippen LogP contribution in [0.3, 0.4) is 0 Å². The van der Waals surface area contributed by atoms with Gasteiger partial charge in [-0.25, -0.2) is 0 Å². The minimum Gasteiger partial charge on any atom is -0.278 e. The second-order valence-electron chi connectivity index (χ2n) is 3.17. The summed E-state index contributed by atoms with van der Waals surface area (Å²) in [7, 11) is 0. The fourth-order valence-electron chi connectivity index (χ4n) is 1.43. The van der Waals surface area contributed by atoms with Crippen molar-refractivity contribution in [2.45, 2.75) is 6.18 Å². The van der Waals surface area contributed by atoms with Crippen molar-refractivity contribution < 1.29 is 18.1 Å². The maximum absolute atomic E-state index is 12.6. The number of nitrogens with zero attached hydrogens (tertiary/aromatic N) is 2. The first-order chi connectivity index (χ1) is 7.82.